The van der Waals surface area contributed by atoms with Crippen molar-refractivity contribution in [1.82, 2.24) is 14.9 Å². The number of amides is 1. The maximum Gasteiger partial charge on any atom is 0.373 e. The Kier molecular flexibility index (Phi) is 15.5. The lowest BCUT2D eigenvalue weighted by Gasteiger charge is -2.37. The number of hydrogen-bond donors (Lipinski definition) is 1. The fourth-order valence-corrected chi connectivity index (χ4v) is 6.86. The van der Waals surface area contributed by atoms with E-state index in [4.69, 9.17) is 9.52 Å². The van der Waals surface area contributed by atoms with Crippen molar-refractivity contribution in [2.24, 2.45) is 0 Å². The number of carboxylic acids is 1. The van der Waals surface area contributed by atoms with E-state index in [-0.39, 0.29) is 42.5 Å². The Morgan fingerprint density at radius 2 is 1.23 bits per heavy atom. The minimum absolute atomic E-state index is 0. The molecular weight excluding hydrogens is 850 g/mol. The Hall–Kier alpha value is -3.28. The highest BCUT2D eigenvalue weighted by Gasteiger charge is 2.27. The van der Waals surface area contributed by atoms with Crippen LogP contribution in [-0.2, 0) is 0 Å². The van der Waals surface area contributed by atoms with Crippen LogP contribution in [0.3, 0.4) is 0 Å². The number of benzene rings is 2. The number of nitrogens with zero attached hydrogens (tertiary/aromatic N) is 5. The van der Waals surface area contributed by atoms with Gasteiger partial charge in [0.15, 0.2) is 12.8 Å². The van der Waals surface area contributed by atoms with Crippen molar-refractivity contribution in [2.75, 3.05) is 37.0 Å². The molecule has 2 fully saturated rings. The van der Waals surface area contributed by atoms with Gasteiger partial charge in [0, 0.05) is 57.8 Å². The molecule has 10 nitrogen and oxygen atoms in total. The quantitative estimate of drug-likeness (QED) is 0.191. The molecule has 2 aromatic carbocycles. The summed E-state index contributed by atoms with van der Waals surface area (Å²) in [5, 5.41) is 8.14. The smallest absolute Gasteiger partial charge is 0.373 e. The van der Waals surface area contributed by atoms with Crippen molar-refractivity contribution in [2.45, 2.75) is 64.5 Å². The molecule has 1 N–H and O–H groups in total. The van der Waals surface area contributed by atoms with Gasteiger partial charge < -0.3 is 28.6 Å². The first-order valence-electron chi connectivity index (χ1n) is 15.2. The number of aromatic nitrogens is 2. The third-order valence-corrected chi connectivity index (χ3v) is 9.46. The summed E-state index contributed by atoms with van der Waals surface area (Å²) in [5.74, 6) is -1.44. The van der Waals surface area contributed by atoms with E-state index in [9.17, 15) is 18.4 Å². The second-order valence-electron chi connectivity index (χ2n) is 11.3. The topological polar surface area (TPSA) is 116 Å². The maximum atomic E-state index is 13.6. The lowest BCUT2D eigenvalue weighted by atomic mass is 9.94. The number of oxazole rings is 2. The summed E-state index contributed by atoms with van der Waals surface area (Å²) >= 11 is 4.29. The Morgan fingerprint density at radius 3 is 1.62 bits per heavy atom. The van der Waals surface area contributed by atoms with Gasteiger partial charge in [0.2, 0.25) is 11.5 Å². The molecule has 0 radical (unpaired) electrons. The summed E-state index contributed by atoms with van der Waals surface area (Å²) < 4.78 is 38.2. The van der Waals surface area contributed by atoms with Gasteiger partial charge in [-0.15, -0.1) is 0 Å². The number of halogens is 4. The van der Waals surface area contributed by atoms with Gasteiger partial charge in [-0.25, -0.2) is 23.5 Å². The van der Waals surface area contributed by atoms with Gasteiger partial charge in [-0.2, -0.15) is 0 Å². The van der Waals surface area contributed by atoms with Crippen LogP contribution in [0.5, 0.6) is 0 Å². The second-order valence-corrected chi connectivity index (χ2v) is 13.8. The molecule has 2 aliphatic rings. The molecule has 0 unspecified atom stereocenters. The standard InChI is InChI=1S/C16H17FIN3O2.C13H17FIN.C4H3NO3.CH4/c1-20(14-7-11(17)6-12(18)8-14)13-2-4-21(5-3-13)16(22)15-9-19-10-23-15;1-16(12-5-3-2-4-6-12)13-8-10(14)7-11(15)9-13;6-4(7)3-1-5-2-8-3;/h6-10,13H,2-5H2,1H3;7-9,12H,2-6H2,1H3;1-2H,(H,6,7);1H4. The molecule has 0 atom stereocenters. The third-order valence-electron chi connectivity index (χ3n) is 8.22. The monoisotopic (exact) mass is 891 g/mol. The highest BCUT2D eigenvalue weighted by molar-refractivity contribution is 14.1. The average molecular weight is 892 g/mol. The van der Waals surface area contributed by atoms with Crippen molar-refractivity contribution in [1.29, 1.82) is 0 Å². The number of likely N-dealkylation sites (tertiary alicyclic amines) is 1. The molecule has 0 bridgehead atoms. The van der Waals surface area contributed by atoms with Gasteiger partial charge in [0.05, 0.1) is 12.4 Å². The van der Waals surface area contributed by atoms with E-state index in [0.29, 0.717) is 19.1 Å². The van der Waals surface area contributed by atoms with Gasteiger partial charge in [-0.1, -0.05) is 26.7 Å². The van der Waals surface area contributed by atoms with Crippen LogP contribution in [0.1, 0.15) is 73.5 Å². The first kappa shape index (κ1) is 39.2. The summed E-state index contributed by atoms with van der Waals surface area (Å²) in [4.78, 5) is 35.4. The number of anilines is 2. The van der Waals surface area contributed by atoms with Crippen molar-refractivity contribution < 1.29 is 32.3 Å². The Morgan fingerprint density at radius 1 is 0.771 bits per heavy atom. The second kappa shape index (κ2) is 19.0. The van der Waals surface area contributed by atoms with E-state index in [0.717, 1.165) is 43.9 Å². The van der Waals surface area contributed by atoms with E-state index < -0.39 is 5.97 Å². The van der Waals surface area contributed by atoms with Gasteiger partial charge in [0.1, 0.15) is 11.6 Å². The van der Waals surface area contributed by atoms with Crippen LogP contribution in [0, 0.1) is 18.8 Å². The molecule has 0 spiro atoms. The number of carbonyl (C=O) groups excluding carboxylic acids is 1. The molecule has 1 saturated carbocycles. The molecule has 14 heteroatoms. The average Bonchev–Trinajstić information content (AvgIpc) is 3.80. The number of piperidine rings is 1. The molecule has 2 aromatic heterocycles. The van der Waals surface area contributed by atoms with Crippen LogP contribution in [0.25, 0.3) is 0 Å². The van der Waals surface area contributed by atoms with Crippen molar-refractivity contribution in [3.63, 3.8) is 0 Å². The number of carbonyl (C=O) groups is 2. The zero-order valence-electron chi connectivity index (χ0n) is 26.1. The summed E-state index contributed by atoms with van der Waals surface area (Å²) in [7, 11) is 4.06. The van der Waals surface area contributed by atoms with Crippen LogP contribution in [0.4, 0.5) is 20.2 Å². The van der Waals surface area contributed by atoms with Crippen LogP contribution in [0.15, 0.2) is 70.4 Å². The Bertz CT molecular complexity index is 1540. The fraction of sp³-hybridized carbons (Fsp3) is 0.412. The fourth-order valence-electron chi connectivity index (χ4n) is 5.63. The van der Waals surface area contributed by atoms with Crippen molar-refractivity contribution >= 4 is 68.4 Å². The van der Waals surface area contributed by atoms with E-state index in [2.05, 4.69) is 82.5 Å². The predicted octanol–water partition coefficient (Wildman–Crippen LogP) is 8.37. The van der Waals surface area contributed by atoms with E-state index in [1.54, 1.807) is 23.1 Å². The molecule has 1 aliphatic carbocycles. The first-order valence-corrected chi connectivity index (χ1v) is 17.3. The van der Waals surface area contributed by atoms with E-state index in [1.807, 2.05) is 13.1 Å². The zero-order valence-corrected chi connectivity index (χ0v) is 30.4. The zero-order chi connectivity index (χ0) is 33.9. The third kappa shape index (κ3) is 11.4. The number of carboxylic acid groups (broad SMARTS) is 1. The van der Waals surface area contributed by atoms with Crippen LogP contribution in [-0.4, -0.2) is 71.1 Å². The molecule has 4 aromatic rings. The van der Waals surface area contributed by atoms with Crippen LogP contribution < -0.4 is 9.80 Å². The lowest BCUT2D eigenvalue weighted by Crippen LogP contribution is -2.45. The van der Waals surface area contributed by atoms with Gasteiger partial charge >= 0.3 is 5.97 Å². The SMILES string of the molecule is C.CN(c1cc(F)cc(I)c1)C1CCCCC1.CN(c1cc(F)cc(I)c1)C1CCN(C(=O)c2cnco2)CC1.O=C(O)c1cnco1. The van der Waals surface area contributed by atoms with Gasteiger partial charge in [-0.3, -0.25) is 4.79 Å². The summed E-state index contributed by atoms with van der Waals surface area (Å²) in [6.07, 6.45) is 13.0. The van der Waals surface area contributed by atoms with E-state index in [1.165, 1.54) is 50.8 Å². The molecule has 1 amide bonds. The Balaban J connectivity index is 0.000000216. The molecule has 3 heterocycles. The minimum Gasteiger partial charge on any atom is -0.475 e. The highest BCUT2D eigenvalue weighted by atomic mass is 127. The summed E-state index contributed by atoms with van der Waals surface area (Å²) in [5.41, 5.74) is 1.88. The molecule has 1 saturated heterocycles. The predicted molar refractivity (Wildman–Crippen MR) is 198 cm³/mol. The van der Waals surface area contributed by atoms with Crippen LogP contribution >= 0.6 is 45.2 Å². The first-order chi connectivity index (χ1) is 22.5. The molecule has 6 rings (SSSR count). The van der Waals surface area contributed by atoms with Gasteiger partial charge in [0.25, 0.3) is 5.91 Å². The van der Waals surface area contributed by atoms with Gasteiger partial charge in [-0.05, 0) is 107 Å². The molecular formula is C34H41F2I2N5O5. The number of rotatable bonds is 6. The Labute approximate surface area is 307 Å². The minimum atomic E-state index is -1.09. The van der Waals surface area contributed by atoms with Crippen molar-refractivity contribution in [3.8, 4) is 0 Å². The molecule has 48 heavy (non-hydrogen) atoms. The highest BCUT2D eigenvalue weighted by Crippen LogP contribution is 2.28. The molecule has 260 valence electrons. The maximum absolute atomic E-state index is 13.6. The lowest BCUT2D eigenvalue weighted by molar-refractivity contribution is 0.0659. The number of aromatic carboxylic acids is 1. The summed E-state index contributed by atoms with van der Waals surface area (Å²) in [6.45, 7) is 1.31. The van der Waals surface area contributed by atoms with Crippen molar-refractivity contribution in [3.05, 3.63) is 91.9 Å². The summed E-state index contributed by atoms with van der Waals surface area (Å²) in [6, 6.07) is 11.2. The largest absolute Gasteiger partial charge is 0.475 e. The normalized spacial score (nSPS) is 14.8. The number of hydrogen-bond acceptors (Lipinski definition) is 8. The van der Waals surface area contributed by atoms with Crippen LogP contribution in [0.2, 0.25) is 0 Å². The van der Waals surface area contributed by atoms with E-state index >= 15 is 0 Å². The molecule has 1 aliphatic heterocycles.